The SMILES string of the molecule is COc1cc(CCCOC(=O)C2CCCN(C)C2)cc(OC)c1OC. The van der Waals surface area contributed by atoms with Crippen LogP contribution in [0.25, 0.3) is 0 Å². The molecule has 1 saturated heterocycles. The van der Waals surface area contributed by atoms with Gasteiger partial charge in [-0.1, -0.05) is 0 Å². The largest absolute Gasteiger partial charge is 0.493 e. The van der Waals surface area contributed by atoms with Crippen molar-refractivity contribution in [1.82, 2.24) is 4.90 Å². The molecule has 2 rings (SSSR count). The van der Waals surface area contributed by atoms with Crippen LogP contribution in [0.4, 0.5) is 0 Å². The molecule has 1 atom stereocenters. The number of esters is 1. The Morgan fingerprint density at radius 3 is 2.40 bits per heavy atom. The molecule has 0 N–H and O–H groups in total. The van der Waals surface area contributed by atoms with Gasteiger partial charge in [0.05, 0.1) is 33.9 Å². The predicted molar refractivity (Wildman–Crippen MR) is 95.6 cm³/mol. The van der Waals surface area contributed by atoms with Crippen molar-refractivity contribution in [3.8, 4) is 17.2 Å². The van der Waals surface area contributed by atoms with Crippen molar-refractivity contribution in [1.29, 1.82) is 0 Å². The topological polar surface area (TPSA) is 57.2 Å². The number of hydrogen-bond acceptors (Lipinski definition) is 6. The molecule has 0 aromatic heterocycles. The molecule has 0 spiro atoms. The molecule has 140 valence electrons. The summed E-state index contributed by atoms with van der Waals surface area (Å²) in [5, 5.41) is 0. The van der Waals surface area contributed by atoms with Crippen molar-refractivity contribution >= 4 is 5.97 Å². The molecule has 1 aromatic rings. The first-order chi connectivity index (χ1) is 12.1. The maximum Gasteiger partial charge on any atom is 0.310 e. The fraction of sp³-hybridized carbons (Fsp3) is 0.632. The lowest BCUT2D eigenvalue weighted by Gasteiger charge is -2.28. The standard InChI is InChI=1S/C19H29NO5/c1-20-9-5-8-15(13-20)19(21)25-10-6-7-14-11-16(22-2)18(24-4)17(12-14)23-3/h11-12,15H,5-10,13H2,1-4H3. The molecule has 0 bridgehead atoms. The monoisotopic (exact) mass is 351 g/mol. The average Bonchev–Trinajstić information content (AvgIpc) is 2.64. The number of nitrogens with zero attached hydrogens (tertiary/aromatic N) is 1. The van der Waals surface area contributed by atoms with Crippen LogP contribution in [0.5, 0.6) is 17.2 Å². The van der Waals surface area contributed by atoms with Gasteiger partial charge in [-0.25, -0.2) is 0 Å². The van der Waals surface area contributed by atoms with E-state index in [0.717, 1.165) is 44.3 Å². The van der Waals surface area contributed by atoms with Crippen molar-refractivity contribution in [3.63, 3.8) is 0 Å². The van der Waals surface area contributed by atoms with E-state index in [2.05, 4.69) is 4.90 Å². The number of piperidine rings is 1. The lowest BCUT2D eigenvalue weighted by atomic mass is 9.99. The number of methoxy groups -OCH3 is 3. The van der Waals surface area contributed by atoms with Crippen LogP contribution in [0.15, 0.2) is 12.1 Å². The Bertz CT molecular complexity index is 550. The number of carbonyl (C=O) groups excluding carboxylic acids is 1. The minimum atomic E-state index is -0.0727. The van der Waals surface area contributed by atoms with Crippen LogP contribution < -0.4 is 14.2 Å². The lowest BCUT2D eigenvalue weighted by Crippen LogP contribution is -2.36. The molecule has 1 aliphatic heterocycles. The zero-order valence-corrected chi connectivity index (χ0v) is 15.7. The van der Waals surface area contributed by atoms with Gasteiger partial charge in [-0.3, -0.25) is 4.79 Å². The second-order valence-electron chi connectivity index (χ2n) is 6.41. The van der Waals surface area contributed by atoms with E-state index in [1.807, 2.05) is 19.2 Å². The van der Waals surface area contributed by atoms with E-state index >= 15 is 0 Å². The Morgan fingerprint density at radius 2 is 1.84 bits per heavy atom. The summed E-state index contributed by atoms with van der Waals surface area (Å²) in [7, 11) is 6.83. The first-order valence-corrected chi connectivity index (χ1v) is 8.73. The van der Waals surface area contributed by atoms with Crippen LogP contribution in [0.2, 0.25) is 0 Å². The third-order valence-corrected chi connectivity index (χ3v) is 4.54. The number of aryl methyl sites for hydroxylation is 1. The van der Waals surface area contributed by atoms with E-state index in [4.69, 9.17) is 18.9 Å². The molecule has 0 radical (unpaired) electrons. The van der Waals surface area contributed by atoms with E-state index in [-0.39, 0.29) is 11.9 Å². The molecule has 6 nitrogen and oxygen atoms in total. The van der Waals surface area contributed by atoms with Gasteiger partial charge in [-0.2, -0.15) is 0 Å². The molecule has 1 aliphatic rings. The highest BCUT2D eigenvalue weighted by molar-refractivity contribution is 5.72. The van der Waals surface area contributed by atoms with Crippen LogP contribution in [-0.4, -0.2) is 58.9 Å². The van der Waals surface area contributed by atoms with Crippen molar-refractivity contribution in [2.75, 3.05) is 48.1 Å². The van der Waals surface area contributed by atoms with Crippen molar-refractivity contribution in [2.45, 2.75) is 25.7 Å². The van der Waals surface area contributed by atoms with E-state index < -0.39 is 0 Å². The van der Waals surface area contributed by atoms with Gasteiger partial charge in [-0.05, 0) is 57.0 Å². The van der Waals surface area contributed by atoms with Crippen LogP contribution in [-0.2, 0) is 16.0 Å². The third-order valence-electron chi connectivity index (χ3n) is 4.54. The van der Waals surface area contributed by atoms with Crippen LogP contribution in [0.3, 0.4) is 0 Å². The fourth-order valence-corrected chi connectivity index (χ4v) is 3.21. The van der Waals surface area contributed by atoms with Crippen molar-refractivity contribution in [2.24, 2.45) is 5.92 Å². The highest BCUT2D eigenvalue weighted by Gasteiger charge is 2.25. The predicted octanol–water partition coefficient (Wildman–Crippen LogP) is 2.53. The molecule has 1 fully saturated rings. The number of hydrogen-bond donors (Lipinski definition) is 0. The number of ether oxygens (including phenoxy) is 4. The minimum Gasteiger partial charge on any atom is -0.493 e. The minimum absolute atomic E-state index is 0.0138. The van der Waals surface area contributed by atoms with Gasteiger partial charge in [0.1, 0.15) is 0 Å². The molecule has 6 heteroatoms. The highest BCUT2D eigenvalue weighted by atomic mass is 16.5. The van der Waals surface area contributed by atoms with E-state index in [1.165, 1.54) is 0 Å². The molecule has 1 heterocycles. The number of rotatable bonds is 8. The summed E-state index contributed by atoms with van der Waals surface area (Å²) in [5.41, 5.74) is 1.06. The molecule has 25 heavy (non-hydrogen) atoms. The number of likely N-dealkylation sites (tertiary alicyclic amines) is 1. The van der Waals surface area contributed by atoms with E-state index in [0.29, 0.717) is 23.9 Å². The van der Waals surface area contributed by atoms with Crippen LogP contribution in [0.1, 0.15) is 24.8 Å². The summed E-state index contributed by atoms with van der Waals surface area (Å²) >= 11 is 0. The van der Waals surface area contributed by atoms with Crippen LogP contribution >= 0.6 is 0 Å². The second kappa shape index (κ2) is 9.51. The molecule has 1 unspecified atom stereocenters. The molecular formula is C19H29NO5. The van der Waals surface area contributed by atoms with Gasteiger partial charge in [-0.15, -0.1) is 0 Å². The van der Waals surface area contributed by atoms with Crippen molar-refractivity contribution < 1.29 is 23.7 Å². The second-order valence-corrected chi connectivity index (χ2v) is 6.41. The smallest absolute Gasteiger partial charge is 0.310 e. The van der Waals surface area contributed by atoms with E-state index in [9.17, 15) is 4.79 Å². The third kappa shape index (κ3) is 5.26. The van der Waals surface area contributed by atoms with Crippen molar-refractivity contribution in [3.05, 3.63) is 17.7 Å². The van der Waals surface area contributed by atoms with Gasteiger partial charge in [0.25, 0.3) is 0 Å². The number of carbonyl (C=O) groups is 1. The summed E-state index contributed by atoms with van der Waals surface area (Å²) < 4.78 is 21.5. The first-order valence-electron chi connectivity index (χ1n) is 8.73. The Morgan fingerprint density at radius 1 is 1.16 bits per heavy atom. The van der Waals surface area contributed by atoms with Gasteiger partial charge >= 0.3 is 5.97 Å². The molecular weight excluding hydrogens is 322 g/mol. The normalized spacial score (nSPS) is 17.8. The molecule has 0 aliphatic carbocycles. The average molecular weight is 351 g/mol. The van der Waals surface area contributed by atoms with Gasteiger partial charge in [0, 0.05) is 6.54 Å². The van der Waals surface area contributed by atoms with Gasteiger partial charge in [0.2, 0.25) is 5.75 Å². The molecule has 0 saturated carbocycles. The maximum atomic E-state index is 12.1. The fourth-order valence-electron chi connectivity index (χ4n) is 3.21. The summed E-state index contributed by atoms with van der Waals surface area (Å²) in [5.74, 6) is 1.80. The summed E-state index contributed by atoms with van der Waals surface area (Å²) in [6, 6.07) is 3.86. The number of benzene rings is 1. The molecule has 1 aromatic carbocycles. The maximum absolute atomic E-state index is 12.1. The van der Waals surface area contributed by atoms with E-state index in [1.54, 1.807) is 21.3 Å². The first kappa shape index (κ1) is 19.4. The summed E-state index contributed by atoms with van der Waals surface area (Å²) in [6.45, 7) is 2.28. The van der Waals surface area contributed by atoms with Gasteiger partial charge in [0.15, 0.2) is 11.5 Å². The zero-order chi connectivity index (χ0) is 18.2. The Balaban J connectivity index is 1.84. The quantitative estimate of drug-likeness (QED) is 0.530. The lowest BCUT2D eigenvalue weighted by molar-refractivity contribution is -0.150. The highest BCUT2D eigenvalue weighted by Crippen LogP contribution is 2.38. The Labute approximate surface area is 150 Å². The zero-order valence-electron chi connectivity index (χ0n) is 15.7. The van der Waals surface area contributed by atoms with Crippen LogP contribution in [0, 0.1) is 5.92 Å². The summed E-state index contributed by atoms with van der Waals surface area (Å²) in [4.78, 5) is 14.3. The molecule has 0 amide bonds. The van der Waals surface area contributed by atoms with Gasteiger partial charge < -0.3 is 23.8 Å². The Hall–Kier alpha value is -1.95. The Kier molecular flexibility index (Phi) is 7.37. The summed E-state index contributed by atoms with van der Waals surface area (Å²) in [6.07, 6.45) is 3.51.